The van der Waals surface area contributed by atoms with Crippen LogP contribution in [0.5, 0.6) is 0 Å². The van der Waals surface area contributed by atoms with E-state index in [9.17, 15) is 0 Å². The van der Waals surface area contributed by atoms with Crippen LogP contribution in [0, 0.1) is 11.8 Å². The van der Waals surface area contributed by atoms with Crippen LogP contribution in [0.15, 0.2) is 12.7 Å². The lowest BCUT2D eigenvalue weighted by Gasteiger charge is -2.43. The Hall–Kier alpha value is -0.300. The number of hydrogen-bond acceptors (Lipinski definition) is 1. The molecule has 13 heavy (non-hydrogen) atoms. The molecule has 0 saturated heterocycles. The summed E-state index contributed by atoms with van der Waals surface area (Å²) >= 11 is 0. The summed E-state index contributed by atoms with van der Waals surface area (Å²) in [5.41, 5.74) is 0. The molecule has 1 N–H and O–H groups in total. The van der Waals surface area contributed by atoms with Crippen molar-refractivity contribution in [3.8, 4) is 0 Å². The third-order valence-corrected chi connectivity index (χ3v) is 3.88. The molecule has 1 heteroatoms. The summed E-state index contributed by atoms with van der Waals surface area (Å²) < 4.78 is 0. The molecule has 2 bridgehead atoms. The smallest absolute Gasteiger partial charge is 0.0221 e. The fourth-order valence-electron chi connectivity index (χ4n) is 2.99. The second kappa shape index (κ2) is 3.83. The van der Waals surface area contributed by atoms with Gasteiger partial charge in [-0.3, -0.25) is 0 Å². The van der Waals surface area contributed by atoms with Gasteiger partial charge in [0, 0.05) is 12.1 Å². The fourth-order valence-corrected chi connectivity index (χ4v) is 2.99. The van der Waals surface area contributed by atoms with E-state index < -0.39 is 0 Å². The maximum absolute atomic E-state index is 3.83. The van der Waals surface area contributed by atoms with Gasteiger partial charge in [-0.05, 0) is 38.0 Å². The SMILES string of the molecule is C=CC(C)NC1CC2CCC1CC2. The van der Waals surface area contributed by atoms with E-state index in [0.29, 0.717) is 6.04 Å². The van der Waals surface area contributed by atoms with E-state index in [1.807, 2.05) is 6.08 Å². The first-order valence-electron chi connectivity index (χ1n) is 5.68. The Kier molecular flexibility index (Phi) is 2.73. The molecule has 74 valence electrons. The molecule has 0 aromatic carbocycles. The van der Waals surface area contributed by atoms with Gasteiger partial charge in [-0.25, -0.2) is 0 Å². The number of hydrogen-bond donors (Lipinski definition) is 1. The van der Waals surface area contributed by atoms with Crippen LogP contribution in [0.1, 0.15) is 39.0 Å². The van der Waals surface area contributed by atoms with Crippen LogP contribution in [-0.4, -0.2) is 12.1 Å². The second-order valence-corrected chi connectivity index (χ2v) is 4.81. The normalized spacial score (nSPS) is 40.2. The third-order valence-electron chi connectivity index (χ3n) is 3.88. The molecule has 1 nitrogen and oxygen atoms in total. The summed E-state index contributed by atoms with van der Waals surface area (Å²) in [5, 5.41) is 3.68. The lowest BCUT2D eigenvalue weighted by atomic mass is 9.68. The highest BCUT2D eigenvalue weighted by molar-refractivity contribution is 4.94. The topological polar surface area (TPSA) is 12.0 Å². The molecule has 2 unspecified atom stereocenters. The summed E-state index contributed by atoms with van der Waals surface area (Å²) in [6, 6.07) is 1.28. The molecule has 0 spiro atoms. The molecule has 3 aliphatic carbocycles. The standard InChI is InChI=1S/C12H21N/c1-3-9(2)13-12-8-10-4-6-11(12)7-5-10/h3,9-13H,1,4-8H2,2H3. The highest BCUT2D eigenvalue weighted by Crippen LogP contribution is 2.41. The highest BCUT2D eigenvalue weighted by atomic mass is 15.0. The number of nitrogens with one attached hydrogen (secondary N) is 1. The molecule has 3 rings (SSSR count). The molecular formula is C12H21N. The van der Waals surface area contributed by atoms with E-state index in [2.05, 4.69) is 18.8 Å². The van der Waals surface area contributed by atoms with Gasteiger partial charge in [-0.15, -0.1) is 6.58 Å². The van der Waals surface area contributed by atoms with Gasteiger partial charge in [0.05, 0.1) is 0 Å². The molecule has 0 aromatic rings. The maximum atomic E-state index is 3.83. The minimum atomic E-state index is 0.490. The van der Waals surface area contributed by atoms with E-state index in [1.165, 1.54) is 32.1 Å². The van der Waals surface area contributed by atoms with Crippen molar-refractivity contribution < 1.29 is 0 Å². The van der Waals surface area contributed by atoms with Gasteiger partial charge in [-0.2, -0.15) is 0 Å². The van der Waals surface area contributed by atoms with Gasteiger partial charge < -0.3 is 5.32 Å². The largest absolute Gasteiger partial charge is 0.308 e. The summed E-state index contributed by atoms with van der Waals surface area (Å²) in [7, 11) is 0. The lowest BCUT2D eigenvalue weighted by Crippen LogP contribution is -2.47. The first kappa shape index (κ1) is 9.26. The average molecular weight is 179 g/mol. The first-order chi connectivity index (χ1) is 6.29. The second-order valence-electron chi connectivity index (χ2n) is 4.81. The van der Waals surface area contributed by atoms with Crippen molar-refractivity contribution in [2.24, 2.45) is 11.8 Å². The minimum Gasteiger partial charge on any atom is -0.308 e. The van der Waals surface area contributed by atoms with Crippen LogP contribution in [0.4, 0.5) is 0 Å². The summed E-state index contributed by atoms with van der Waals surface area (Å²) in [4.78, 5) is 0. The van der Waals surface area contributed by atoms with Gasteiger partial charge in [0.1, 0.15) is 0 Å². The van der Waals surface area contributed by atoms with Crippen LogP contribution in [-0.2, 0) is 0 Å². The van der Waals surface area contributed by atoms with E-state index >= 15 is 0 Å². The van der Waals surface area contributed by atoms with Gasteiger partial charge in [-0.1, -0.05) is 18.9 Å². The van der Waals surface area contributed by atoms with Gasteiger partial charge >= 0.3 is 0 Å². The summed E-state index contributed by atoms with van der Waals surface area (Å²) in [6.45, 7) is 6.03. The molecule has 0 radical (unpaired) electrons. The molecule has 0 aliphatic heterocycles. The van der Waals surface area contributed by atoms with Crippen molar-refractivity contribution in [3.05, 3.63) is 12.7 Å². The van der Waals surface area contributed by atoms with Crippen LogP contribution in [0.3, 0.4) is 0 Å². The molecule has 0 aromatic heterocycles. The van der Waals surface area contributed by atoms with Crippen molar-refractivity contribution in [2.75, 3.05) is 0 Å². The molecule has 3 fully saturated rings. The summed E-state index contributed by atoms with van der Waals surface area (Å²) in [5.74, 6) is 1.99. The Morgan fingerprint density at radius 3 is 2.46 bits per heavy atom. The van der Waals surface area contributed by atoms with Crippen molar-refractivity contribution in [3.63, 3.8) is 0 Å². The van der Waals surface area contributed by atoms with Crippen molar-refractivity contribution in [2.45, 2.75) is 51.1 Å². The quantitative estimate of drug-likeness (QED) is 0.657. The van der Waals surface area contributed by atoms with Gasteiger partial charge in [0.2, 0.25) is 0 Å². The monoisotopic (exact) mass is 179 g/mol. The molecule has 2 atom stereocenters. The fraction of sp³-hybridized carbons (Fsp3) is 0.833. The first-order valence-corrected chi connectivity index (χ1v) is 5.68. The Morgan fingerprint density at radius 2 is 2.00 bits per heavy atom. The summed E-state index contributed by atoms with van der Waals surface area (Å²) in [6.07, 6.45) is 9.35. The van der Waals surface area contributed by atoms with Crippen molar-refractivity contribution >= 4 is 0 Å². The highest BCUT2D eigenvalue weighted by Gasteiger charge is 2.35. The lowest BCUT2D eigenvalue weighted by molar-refractivity contribution is 0.121. The van der Waals surface area contributed by atoms with E-state index in [-0.39, 0.29) is 0 Å². The molecular weight excluding hydrogens is 158 g/mol. The van der Waals surface area contributed by atoms with Gasteiger partial charge in [0.25, 0.3) is 0 Å². The van der Waals surface area contributed by atoms with Crippen LogP contribution in [0.2, 0.25) is 0 Å². The van der Waals surface area contributed by atoms with E-state index in [4.69, 9.17) is 0 Å². The zero-order chi connectivity index (χ0) is 9.26. The zero-order valence-corrected chi connectivity index (χ0v) is 8.63. The molecule has 3 aliphatic rings. The Morgan fingerprint density at radius 1 is 1.31 bits per heavy atom. The van der Waals surface area contributed by atoms with Gasteiger partial charge in [0.15, 0.2) is 0 Å². The number of rotatable bonds is 3. The van der Waals surface area contributed by atoms with Crippen LogP contribution in [0.25, 0.3) is 0 Å². The maximum Gasteiger partial charge on any atom is 0.0221 e. The molecule has 3 saturated carbocycles. The zero-order valence-electron chi connectivity index (χ0n) is 8.63. The third kappa shape index (κ3) is 1.96. The van der Waals surface area contributed by atoms with Crippen LogP contribution >= 0.6 is 0 Å². The van der Waals surface area contributed by atoms with E-state index in [0.717, 1.165) is 17.9 Å². The molecule has 0 heterocycles. The minimum absolute atomic E-state index is 0.490. The Labute approximate surface area is 81.6 Å². The predicted molar refractivity (Wildman–Crippen MR) is 56.6 cm³/mol. The van der Waals surface area contributed by atoms with E-state index in [1.54, 1.807) is 0 Å². The van der Waals surface area contributed by atoms with Crippen molar-refractivity contribution in [1.29, 1.82) is 0 Å². The predicted octanol–water partition coefficient (Wildman–Crippen LogP) is 2.73. The van der Waals surface area contributed by atoms with Crippen LogP contribution < -0.4 is 5.32 Å². The average Bonchev–Trinajstić information content (AvgIpc) is 2.19. The van der Waals surface area contributed by atoms with Crippen molar-refractivity contribution in [1.82, 2.24) is 5.32 Å². The Bertz CT molecular complexity index is 180. The Balaban J connectivity index is 1.89. The molecule has 0 amide bonds. The number of fused-ring (bicyclic) bond motifs is 3.